The highest BCUT2D eigenvalue weighted by Gasteiger charge is 2.33. The van der Waals surface area contributed by atoms with Crippen LogP contribution in [0.1, 0.15) is 17.5 Å². The van der Waals surface area contributed by atoms with Crippen molar-refractivity contribution in [1.29, 1.82) is 0 Å². The van der Waals surface area contributed by atoms with Crippen molar-refractivity contribution >= 4 is 32.9 Å². The number of nitrogens with zero attached hydrogens (tertiary/aromatic N) is 2. The lowest BCUT2D eigenvalue weighted by Crippen LogP contribution is -2.43. The Balaban J connectivity index is 1.81. The van der Waals surface area contributed by atoms with Crippen LogP contribution in [0, 0.1) is 6.92 Å². The Morgan fingerprint density at radius 1 is 1.36 bits per heavy atom. The van der Waals surface area contributed by atoms with E-state index in [-0.39, 0.29) is 17.5 Å². The number of anilines is 1. The lowest BCUT2D eigenvalue weighted by molar-refractivity contribution is 0.332. The van der Waals surface area contributed by atoms with Crippen molar-refractivity contribution in [3.63, 3.8) is 0 Å². The molecule has 0 aliphatic carbocycles. The quantitative estimate of drug-likeness (QED) is 0.829. The number of sulfone groups is 1. The van der Waals surface area contributed by atoms with Crippen LogP contribution in [0.5, 0.6) is 0 Å². The number of hydrogen-bond acceptors (Lipinski definition) is 4. The molecule has 0 bridgehead atoms. The number of aryl methyl sites for hydroxylation is 1. The first-order valence-corrected chi connectivity index (χ1v) is 10.4. The van der Waals surface area contributed by atoms with Crippen molar-refractivity contribution in [2.45, 2.75) is 25.9 Å². The summed E-state index contributed by atoms with van der Waals surface area (Å²) in [5, 5.41) is 3.79. The summed E-state index contributed by atoms with van der Waals surface area (Å²) in [7, 11) is -2.99. The molecular weight excluding hydrogens is 354 g/mol. The lowest BCUT2D eigenvalue weighted by Gasteiger charge is -2.31. The van der Waals surface area contributed by atoms with E-state index < -0.39 is 9.84 Å². The lowest BCUT2D eigenvalue weighted by atomic mass is 10.2. The molecule has 0 amide bonds. The number of pyridine rings is 1. The van der Waals surface area contributed by atoms with Gasteiger partial charge in [0.1, 0.15) is 0 Å². The topological polar surface area (TPSA) is 62.3 Å². The minimum atomic E-state index is -2.99. The maximum absolute atomic E-state index is 11.9. The second kappa shape index (κ2) is 7.49. The van der Waals surface area contributed by atoms with E-state index in [1.807, 2.05) is 48.2 Å². The van der Waals surface area contributed by atoms with Crippen LogP contribution >= 0.6 is 12.2 Å². The van der Waals surface area contributed by atoms with Gasteiger partial charge in [-0.2, -0.15) is 0 Å². The summed E-state index contributed by atoms with van der Waals surface area (Å²) < 4.78 is 23.8. The molecule has 7 heteroatoms. The third kappa shape index (κ3) is 4.76. The minimum absolute atomic E-state index is 0.116. The molecule has 0 saturated carbocycles. The third-order valence-corrected chi connectivity index (χ3v) is 6.34. The Labute approximate surface area is 154 Å². The molecule has 0 radical (unpaired) electrons. The largest absolute Gasteiger partial charge is 0.341 e. The highest BCUT2D eigenvalue weighted by Crippen LogP contribution is 2.21. The average Bonchev–Trinajstić information content (AvgIpc) is 2.93. The van der Waals surface area contributed by atoms with Gasteiger partial charge in [-0.05, 0) is 54.9 Å². The Bertz CT molecular complexity index is 854. The van der Waals surface area contributed by atoms with Crippen molar-refractivity contribution in [2.75, 3.05) is 16.8 Å². The Morgan fingerprint density at radius 3 is 2.84 bits per heavy atom. The molecule has 132 valence electrons. The van der Waals surface area contributed by atoms with E-state index >= 15 is 0 Å². The molecule has 3 rings (SSSR count). The molecule has 1 aliphatic heterocycles. The van der Waals surface area contributed by atoms with E-state index in [4.69, 9.17) is 12.2 Å². The zero-order chi connectivity index (χ0) is 17.9. The van der Waals surface area contributed by atoms with Gasteiger partial charge >= 0.3 is 0 Å². The molecule has 1 saturated heterocycles. The van der Waals surface area contributed by atoms with Gasteiger partial charge < -0.3 is 10.2 Å². The number of hydrogen-bond donors (Lipinski definition) is 1. The van der Waals surface area contributed by atoms with Crippen LogP contribution < -0.4 is 5.32 Å². The maximum atomic E-state index is 11.9. The molecule has 5 nitrogen and oxygen atoms in total. The molecule has 0 spiro atoms. The average molecular weight is 376 g/mol. The normalized spacial score (nSPS) is 18.7. The SMILES string of the molecule is Cc1cccc(NC(=S)N(Cc2cccnc2)[C@H]2CCS(=O)(=O)C2)c1. The van der Waals surface area contributed by atoms with Crippen LogP contribution in [0.4, 0.5) is 5.69 Å². The van der Waals surface area contributed by atoms with Crippen LogP contribution in [0.2, 0.25) is 0 Å². The molecule has 1 atom stereocenters. The first-order valence-electron chi connectivity index (χ1n) is 8.16. The zero-order valence-electron chi connectivity index (χ0n) is 14.1. The molecule has 2 heterocycles. The van der Waals surface area contributed by atoms with E-state index in [9.17, 15) is 8.42 Å². The molecule has 1 fully saturated rings. The molecule has 2 aromatic rings. The number of aromatic nitrogens is 1. The second-order valence-electron chi connectivity index (χ2n) is 6.35. The summed E-state index contributed by atoms with van der Waals surface area (Å²) in [5.41, 5.74) is 3.04. The van der Waals surface area contributed by atoms with E-state index in [2.05, 4.69) is 10.3 Å². The van der Waals surface area contributed by atoms with E-state index in [1.54, 1.807) is 12.4 Å². The van der Waals surface area contributed by atoms with Crippen molar-refractivity contribution < 1.29 is 8.42 Å². The summed E-state index contributed by atoms with van der Waals surface area (Å²) in [6, 6.07) is 11.7. The molecular formula is C18H21N3O2S2. The second-order valence-corrected chi connectivity index (χ2v) is 8.96. The number of nitrogens with one attached hydrogen (secondary N) is 1. The zero-order valence-corrected chi connectivity index (χ0v) is 15.7. The van der Waals surface area contributed by atoms with Crippen LogP contribution in [0.15, 0.2) is 48.8 Å². The van der Waals surface area contributed by atoms with E-state index in [0.717, 1.165) is 16.8 Å². The summed E-state index contributed by atoms with van der Waals surface area (Å²) in [5.74, 6) is 0.358. The van der Waals surface area contributed by atoms with Gasteiger partial charge in [0.25, 0.3) is 0 Å². The van der Waals surface area contributed by atoms with Crippen molar-refractivity contribution in [2.24, 2.45) is 0 Å². The first-order chi connectivity index (χ1) is 11.9. The Morgan fingerprint density at radius 2 is 2.20 bits per heavy atom. The van der Waals surface area contributed by atoms with Gasteiger partial charge in [0.2, 0.25) is 0 Å². The predicted octanol–water partition coefficient (Wildman–Crippen LogP) is 2.78. The number of benzene rings is 1. The van der Waals surface area contributed by atoms with Crippen LogP contribution in [0.25, 0.3) is 0 Å². The summed E-state index contributed by atoms with van der Waals surface area (Å²) in [6.07, 6.45) is 4.10. The fraction of sp³-hybridized carbons (Fsp3) is 0.333. The van der Waals surface area contributed by atoms with Gasteiger partial charge in [0.15, 0.2) is 14.9 Å². The minimum Gasteiger partial charge on any atom is -0.341 e. The van der Waals surface area contributed by atoms with Gasteiger partial charge in [-0.1, -0.05) is 18.2 Å². The maximum Gasteiger partial charge on any atom is 0.174 e. The monoisotopic (exact) mass is 375 g/mol. The first kappa shape index (κ1) is 17.8. The van der Waals surface area contributed by atoms with Crippen molar-refractivity contribution in [1.82, 2.24) is 9.88 Å². The fourth-order valence-corrected chi connectivity index (χ4v) is 5.06. The predicted molar refractivity (Wildman–Crippen MR) is 104 cm³/mol. The Kier molecular flexibility index (Phi) is 5.34. The molecule has 0 unspecified atom stereocenters. The van der Waals surface area contributed by atoms with Crippen LogP contribution in [-0.4, -0.2) is 41.0 Å². The third-order valence-electron chi connectivity index (χ3n) is 4.26. The molecule has 25 heavy (non-hydrogen) atoms. The summed E-state index contributed by atoms with van der Waals surface area (Å²) >= 11 is 5.61. The summed E-state index contributed by atoms with van der Waals surface area (Å²) in [6.45, 7) is 2.55. The highest BCUT2D eigenvalue weighted by atomic mass is 32.2. The number of rotatable bonds is 4. The van der Waals surface area contributed by atoms with Gasteiger partial charge in [-0.25, -0.2) is 8.42 Å². The van der Waals surface area contributed by atoms with Gasteiger partial charge in [0, 0.05) is 30.7 Å². The molecule has 1 aliphatic rings. The smallest absolute Gasteiger partial charge is 0.174 e. The summed E-state index contributed by atoms with van der Waals surface area (Å²) in [4.78, 5) is 6.11. The number of thiocarbonyl (C=S) groups is 1. The van der Waals surface area contributed by atoms with E-state index in [1.165, 1.54) is 0 Å². The van der Waals surface area contributed by atoms with Crippen LogP contribution in [-0.2, 0) is 16.4 Å². The fourth-order valence-electron chi connectivity index (χ4n) is 2.99. The molecule has 1 N–H and O–H groups in total. The highest BCUT2D eigenvalue weighted by molar-refractivity contribution is 7.91. The standard InChI is InChI=1S/C18H21N3O2S2/c1-14-4-2-6-16(10-14)20-18(24)21(12-15-5-3-8-19-11-15)17-7-9-25(22,23)13-17/h2-6,8,10-11,17H,7,9,12-13H2,1H3,(H,20,24)/t17-/m0/s1. The van der Waals surface area contributed by atoms with Gasteiger partial charge in [0.05, 0.1) is 11.5 Å². The molecule has 1 aromatic carbocycles. The molecule has 1 aromatic heterocycles. The van der Waals surface area contributed by atoms with Crippen LogP contribution in [0.3, 0.4) is 0 Å². The van der Waals surface area contributed by atoms with Gasteiger partial charge in [-0.3, -0.25) is 4.98 Å². The van der Waals surface area contributed by atoms with E-state index in [0.29, 0.717) is 18.1 Å². The van der Waals surface area contributed by atoms with Crippen molar-refractivity contribution in [3.8, 4) is 0 Å². The Hall–Kier alpha value is -1.99. The van der Waals surface area contributed by atoms with Gasteiger partial charge in [-0.15, -0.1) is 0 Å². The van der Waals surface area contributed by atoms with Crippen molar-refractivity contribution in [3.05, 3.63) is 59.9 Å².